The highest BCUT2D eigenvalue weighted by molar-refractivity contribution is 5.91. The van der Waals surface area contributed by atoms with Crippen LogP contribution in [0, 0.1) is 11.8 Å². The van der Waals surface area contributed by atoms with E-state index >= 15 is 0 Å². The van der Waals surface area contributed by atoms with E-state index in [1.807, 2.05) is 29.2 Å². The van der Waals surface area contributed by atoms with Crippen molar-refractivity contribution in [1.29, 1.82) is 0 Å². The lowest BCUT2D eigenvalue weighted by Gasteiger charge is -2.34. The first kappa shape index (κ1) is 19.1. The number of nitrogens with one attached hydrogen (secondary N) is 1. The third-order valence-electron chi connectivity index (χ3n) is 7.02. The second kappa shape index (κ2) is 7.64. The molecule has 4 rings (SSSR count). The van der Waals surface area contributed by atoms with Crippen LogP contribution in [0.5, 0.6) is 5.75 Å². The van der Waals surface area contributed by atoms with Gasteiger partial charge in [-0.1, -0.05) is 12.1 Å². The third kappa shape index (κ3) is 3.45. The van der Waals surface area contributed by atoms with E-state index in [0.29, 0.717) is 17.7 Å². The van der Waals surface area contributed by atoms with E-state index in [1.54, 1.807) is 14.2 Å². The molecule has 6 heteroatoms. The zero-order valence-electron chi connectivity index (χ0n) is 16.9. The maximum Gasteiger partial charge on any atom is 0.317 e. The average molecular weight is 386 g/mol. The Morgan fingerprint density at radius 1 is 1.00 bits per heavy atom. The summed E-state index contributed by atoms with van der Waals surface area (Å²) < 4.78 is 5.25. The molecule has 6 nitrogen and oxygen atoms in total. The Balaban J connectivity index is 1.35. The Bertz CT molecular complexity index is 721. The SMILES string of the molecule is CNC(=O)N1CCC(C2CCN(C(=O)C3(c4ccc(OC)cc4)CC3)C2)CC1. The van der Waals surface area contributed by atoms with Gasteiger partial charge in [-0.2, -0.15) is 0 Å². The third-order valence-corrected chi connectivity index (χ3v) is 7.02. The first-order chi connectivity index (χ1) is 13.6. The van der Waals surface area contributed by atoms with Gasteiger partial charge < -0.3 is 19.9 Å². The van der Waals surface area contributed by atoms with Crippen LogP contribution in [0.15, 0.2) is 24.3 Å². The summed E-state index contributed by atoms with van der Waals surface area (Å²) in [7, 11) is 3.35. The van der Waals surface area contributed by atoms with E-state index in [-0.39, 0.29) is 11.4 Å². The van der Waals surface area contributed by atoms with E-state index in [4.69, 9.17) is 4.74 Å². The molecule has 0 spiro atoms. The van der Waals surface area contributed by atoms with Crippen molar-refractivity contribution in [1.82, 2.24) is 15.1 Å². The number of ether oxygens (including phenoxy) is 1. The summed E-state index contributed by atoms with van der Waals surface area (Å²) >= 11 is 0. The van der Waals surface area contributed by atoms with Crippen LogP contribution in [0.2, 0.25) is 0 Å². The number of methoxy groups -OCH3 is 1. The van der Waals surface area contributed by atoms with Crippen molar-refractivity contribution in [3.05, 3.63) is 29.8 Å². The quantitative estimate of drug-likeness (QED) is 0.867. The van der Waals surface area contributed by atoms with Crippen molar-refractivity contribution in [2.24, 2.45) is 11.8 Å². The van der Waals surface area contributed by atoms with Crippen molar-refractivity contribution in [3.63, 3.8) is 0 Å². The molecular weight excluding hydrogens is 354 g/mol. The van der Waals surface area contributed by atoms with Crippen molar-refractivity contribution >= 4 is 11.9 Å². The zero-order chi connectivity index (χ0) is 19.7. The van der Waals surface area contributed by atoms with E-state index in [0.717, 1.165) is 69.6 Å². The maximum atomic E-state index is 13.3. The molecule has 2 aliphatic heterocycles. The number of amides is 3. The van der Waals surface area contributed by atoms with Gasteiger partial charge in [0.1, 0.15) is 5.75 Å². The summed E-state index contributed by atoms with van der Waals surface area (Å²) in [5.74, 6) is 2.33. The first-order valence-electron chi connectivity index (χ1n) is 10.5. The molecule has 1 atom stereocenters. The fourth-order valence-electron chi connectivity index (χ4n) is 5.05. The van der Waals surface area contributed by atoms with Gasteiger partial charge in [0.2, 0.25) is 5.91 Å². The highest BCUT2D eigenvalue weighted by Crippen LogP contribution is 2.50. The molecule has 3 fully saturated rings. The van der Waals surface area contributed by atoms with Crippen LogP contribution in [0.1, 0.15) is 37.7 Å². The number of benzene rings is 1. The van der Waals surface area contributed by atoms with Gasteiger partial charge in [-0.05, 0) is 61.6 Å². The lowest BCUT2D eigenvalue weighted by molar-refractivity contribution is -0.133. The Labute approximate surface area is 167 Å². The number of carbonyl (C=O) groups is 2. The van der Waals surface area contributed by atoms with Gasteiger partial charge in [0, 0.05) is 33.2 Å². The smallest absolute Gasteiger partial charge is 0.317 e. The van der Waals surface area contributed by atoms with E-state index < -0.39 is 0 Å². The molecule has 152 valence electrons. The second-order valence-electron chi connectivity index (χ2n) is 8.49. The van der Waals surface area contributed by atoms with Gasteiger partial charge in [-0.15, -0.1) is 0 Å². The molecule has 1 unspecified atom stereocenters. The molecule has 1 N–H and O–H groups in total. The summed E-state index contributed by atoms with van der Waals surface area (Å²) in [5.41, 5.74) is 0.824. The highest BCUT2D eigenvalue weighted by Gasteiger charge is 2.54. The van der Waals surface area contributed by atoms with Crippen LogP contribution in [-0.4, -0.2) is 62.1 Å². The lowest BCUT2D eigenvalue weighted by Crippen LogP contribution is -2.44. The van der Waals surface area contributed by atoms with Crippen molar-refractivity contribution in [3.8, 4) is 5.75 Å². The molecule has 3 amide bonds. The molecule has 1 aromatic rings. The fourth-order valence-corrected chi connectivity index (χ4v) is 5.05. The van der Waals surface area contributed by atoms with Crippen LogP contribution in [0.3, 0.4) is 0 Å². The van der Waals surface area contributed by atoms with Gasteiger partial charge in [0.15, 0.2) is 0 Å². The Morgan fingerprint density at radius 2 is 1.61 bits per heavy atom. The predicted molar refractivity (Wildman–Crippen MR) is 107 cm³/mol. The summed E-state index contributed by atoms with van der Waals surface area (Å²) in [6, 6.07) is 8.03. The highest BCUT2D eigenvalue weighted by atomic mass is 16.5. The van der Waals surface area contributed by atoms with E-state index in [2.05, 4.69) is 10.2 Å². The van der Waals surface area contributed by atoms with Crippen molar-refractivity contribution < 1.29 is 14.3 Å². The van der Waals surface area contributed by atoms with Crippen molar-refractivity contribution in [2.75, 3.05) is 40.3 Å². The summed E-state index contributed by atoms with van der Waals surface area (Å²) in [5, 5.41) is 2.71. The molecule has 28 heavy (non-hydrogen) atoms. The fraction of sp³-hybridized carbons (Fsp3) is 0.636. The summed E-state index contributed by atoms with van der Waals surface area (Å²) in [6.07, 6.45) is 5.08. The Kier molecular flexibility index (Phi) is 5.21. The molecule has 1 aromatic carbocycles. The van der Waals surface area contributed by atoms with Gasteiger partial charge in [-0.3, -0.25) is 4.79 Å². The van der Waals surface area contributed by atoms with Gasteiger partial charge in [0.25, 0.3) is 0 Å². The normalized spacial score (nSPS) is 24.1. The second-order valence-corrected chi connectivity index (χ2v) is 8.49. The van der Waals surface area contributed by atoms with Gasteiger partial charge >= 0.3 is 6.03 Å². The number of likely N-dealkylation sites (tertiary alicyclic amines) is 2. The topological polar surface area (TPSA) is 61.9 Å². The molecule has 0 bridgehead atoms. The largest absolute Gasteiger partial charge is 0.497 e. The van der Waals surface area contributed by atoms with E-state index in [1.165, 1.54) is 0 Å². The Morgan fingerprint density at radius 3 is 2.18 bits per heavy atom. The molecular formula is C22H31N3O3. The van der Waals surface area contributed by atoms with Crippen LogP contribution >= 0.6 is 0 Å². The van der Waals surface area contributed by atoms with Crippen LogP contribution in [0.25, 0.3) is 0 Å². The van der Waals surface area contributed by atoms with Crippen molar-refractivity contribution in [2.45, 2.75) is 37.5 Å². The zero-order valence-corrected chi connectivity index (χ0v) is 16.9. The average Bonchev–Trinajstić information content (AvgIpc) is 3.42. The summed E-state index contributed by atoms with van der Waals surface area (Å²) in [4.78, 5) is 29.1. The molecule has 1 aliphatic carbocycles. The number of carbonyl (C=O) groups excluding carboxylic acids is 2. The minimum atomic E-state index is -0.302. The molecule has 0 radical (unpaired) electrons. The number of urea groups is 1. The molecule has 2 heterocycles. The van der Waals surface area contributed by atoms with Gasteiger partial charge in [0.05, 0.1) is 12.5 Å². The molecule has 2 saturated heterocycles. The lowest BCUT2D eigenvalue weighted by atomic mass is 9.84. The predicted octanol–water partition coefficient (Wildman–Crippen LogP) is 2.63. The number of hydrogen-bond acceptors (Lipinski definition) is 3. The minimum absolute atomic E-state index is 0.0249. The maximum absolute atomic E-state index is 13.3. The number of nitrogens with zero attached hydrogens (tertiary/aromatic N) is 2. The number of hydrogen-bond donors (Lipinski definition) is 1. The molecule has 1 saturated carbocycles. The molecule has 3 aliphatic rings. The van der Waals surface area contributed by atoms with Crippen LogP contribution < -0.4 is 10.1 Å². The van der Waals surface area contributed by atoms with E-state index in [9.17, 15) is 9.59 Å². The number of piperidine rings is 1. The minimum Gasteiger partial charge on any atom is -0.497 e. The first-order valence-corrected chi connectivity index (χ1v) is 10.5. The standard InChI is InChI=1S/C22H31N3O3/c1-23-21(27)24-12-7-16(8-13-24)17-9-14-25(15-17)20(26)22(10-11-22)18-3-5-19(28-2)6-4-18/h3-6,16-17H,7-15H2,1-2H3,(H,23,27). The number of rotatable bonds is 4. The van der Waals surface area contributed by atoms with Crippen LogP contribution in [-0.2, 0) is 10.2 Å². The summed E-state index contributed by atoms with van der Waals surface area (Å²) in [6.45, 7) is 3.40. The monoisotopic (exact) mass is 385 g/mol. The Hall–Kier alpha value is -2.24. The van der Waals surface area contributed by atoms with Crippen LogP contribution in [0.4, 0.5) is 4.79 Å². The molecule has 0 aromatic heterocycles. The van der Waals surface area contributed by atoms with Gasteiger partial charge in [-0.25, -0.2) is 4.79 Å².